The zero-order chi connectivity index (χ0) is 21.9. The zero-order valence-corrected chi connectivity index (χ0v) is 18.8. The van der Waals surface area contributed by atoms with Crippen molar-refractivity contribution in [2.45, 2.75) is 25.7 Å². The predicted octanol–water partition coefficient (Wildman–Crippen LogP) is 2.57. The largest absolute Gasteiger partial charge is 0.483 e. The smallest absolute Gasteiger partial charge is 0.261 e. The fourth-order valence-corrected chi connectivity index (χ4v) is 4.39. The first-order valence-corrected chi connectivity index (χ1v) is 11.4. The molecule has 162 valence electrons. The molecule has 0 radical (unpaired) electrons. The molecule has 8 heteroatoms. The number of sulfonamides is 1. The van der Waals surface area contributed by atoms with Crippen LogP contribution in [0.25, 0.3) is 0 Å². The summed E-state index contributed by atoms with van der Waals surface area (Å²) in [5.74, 6) is 0.443. The number of nitrogens with zero attached hydrogens (tertiary/aromatic N) is 2. The quantitative estimate of drug-likeness (QED) is 0.761. The van der Waals surface area contributed by atoms with Crippen LogP contribution in [0.4, 0.5) is 5.69 Å². The highest BCUT2D eigenvalue weighted by Gasteiger charge is 2.20. The summed E-state index contributed by atoms with van der Waals surface area (Å²) in [4.78, 5) is 16.5. The fraction of sp³-hybridized carbons (Fsp3) is 0.409. The van der Waals surface area contributed by atoms with Crippen molar-refractivity contribution in [2.24, 2.45) is 0 Å². The standard InChI is InChI=1S/C22H29N3O4S/c1-16-5-6-19(13-17(16)2)23-30(27,28)20-7-8-21(18(3)14-20)29-15-22(26)25-11-9-24(4)10-12-25/h5-8,13-14,23H,9-12,15H2,1-4H3. The summed E-state index contributed by atoms with van der Waals surface area (Å²) >= 11 is 0. The van der Waals surface area contributed by atoms with Gasteiger partial charge in [-0.1, -0.05) is 6.07 Å². The van der Waals surface area contributed by atoms with Gasteiger partial charge in [-0.25, -0.2) is 8.42 Å². The average Bonchev–Trinajstić information content (AvgIpc) is 2.70. The van der Waals surface area contributed by atoms with Crippen molar-refractivity contribution in [3.05, 3.63) is 53.1 Å². The van der Waals surface area contributed by atoms with Gasteiger partial charge >= 0.3 is 0 Å². The number of amides is 1. The van der Waals surface area contributed by atoms with Crippen molar-refractivity contribution in [2.75, 3.05) is 44.6 Å². The molecule has 0 spiro atoms. The van der Waals surface area contributed by atoms with Gasteiger partial charge in [-0.05, 0) is 74.8 Å². The number of hydrogen-bond donors (Lipinski definition) is 1. The van der Waals surface area contributed by atoms with E-state index >= 15 is 0 Å². The van der Waals surface area contributed by atoms with E-state index < -0.39 is 10.0 Å². The number of hydrogen-bond acceptors (Lipinski definition) is 5. The molecule has 0 aliphatic carbocycles. The summed E-state index contributed by atoms with van der Waals surface area (Å²) in [6, 6.07) is 10.1. The van der Waals surface area contributed by atoms with Crippen LogP contribution in [0.15, 0.2) is 41.3 Å². The Labute approximate surface area is 178 Å². The second kappa shape index (κ2) is 9.06. The third kappa shape index (κ3) is 5.31. The number of nitrogens with one attached hydrogen (secondary N) is 1. The van der Waals surface area contributed by atoms with Crippen LogP contribution < -0.4 is 9.46 Å². The summed E-state index contributed by atoms with van der Waals surface area (Å²) in [7, 11) is -1.69. The van der Waals surface area contributed by atoms with E-state index in [0.29, 0.717) is 30.1 Å². The first kappa shape index (κ1) is 22.1. The Bertz CT molecular complexity index is 1030. The van der Waals surface area contributed by atoms with Crippen molar-refractivity contribution in [3.63, 3.8) is 0 Å². The molecule has 1 saturated heterocycles. The van der Waals surface area contributed by atoms with Crippen LogP contribution in [0.1, 0.15) is 16.7 Å². The SMILES string of the molecule is Cc1ccc(NS(=O)(=O)c2ccc(OCC(=O)N3CCN(C)CC3)c(C)c2)cc1C. The fourth-order valence-electron chi connectivity index (χ4n) is 3.26. The maximum Gasteiger partial charge on any atom is 0.261 e. The molecule has 0 bridgehead atoms. The van der Waals surface area contributed by atoms with Gasteiger partial charge in [-0.2, -0.15) is 0 Å². The van der Waals surface area contributed by atoms with Gasteiger partial charge in [0.15, 0.2) is 6.61 Å². The number of rotatable bonds is 6. The molecule has 1 heterocycles. The first-order valence-electron chi connectivity index (χ1n) is 9.95. The molecule has 1 N–H and O–H groups in total. The Balaban J connectivity index is 1.65. The van der Waals surface area contributed by atoms with Crippen molar-refractivity contribution in [3.8, 4) is 5.75 Å². The molecule has 2 aromatic carbocycles. The molecule has 2 aromatic rings. The van der Waals surface area contributed by atoms with Crippen LogP contribution in [0.5, 0.6) is 5.75 Å². The van der Waals surface area contributed by atoms with Crippen LogP contribution in [0.2, 0.25) is 0 Å². The average molecular weight is 432 g/mol. The zero-order valence-electron chi connectivity index (χ0n) is 17.9. The number of likely N-dealkylation sites (N-methyl/N-ethyl adjacent to an activating group) is 1. The van der Waals surface area contributed by atoms with E-state index in [1.54, 1.807) is 36.1 Å². The Hall–Kier alpha value is -2.58. The van der Waals surface area contributed by atoms with E-state index in [-0.39, 0.29) is 17.4 Å². The molecular formula is C22H29N3O4S. The lowest BCUT2D eigenvalue weighted by Crippen LogP contribution is -2.48. The van der Waals surface area contributed by atoms with E-state index in [2.05, 4.69) is 9.62 Å². The highest BCUT2D eigenvalue weighted by molar-refractivity contribution is 7.92. The summed E-state index contributed by atoms with van der Waals surface area (Å²) in [5.41, 5.74) is 3.29. The van der Waals surface area contributed by atoms with E-state index in [9.17, 15) is 13.2 Å². The number of aryl methyl sites for hydroxylation is 3. The summed E-state index contributed by atoms with van der Waals surface area (Å²) < 4.78 is 33.8. The number of anilines is 1. The first-order chi connectivity index (χ1) is 14.2. The Kier molecular flexibility index (Phi) is 6.67. The second-order valence-corrected chi connectivity index (χ2v) is 9.49. The lowest BCUT2D eigenvalue weighted by molar-refractivity contribution is -0.134. The molecule has 0 aromatic heterocycles. The minimum Gasteiger partial charge on any atom is -0.483 e. The van der Waals surface area contributed by atoms with Gasteiger partial charge in [0.2, 0.25) is 0 Å². The van der Waals surface area contributed by atoms with E-state index in [1.807, 2.05) is 27.0 Å². The van der Waals surface area contributed by atoms with E-state index in [4.69, 9.17) is 4.74 Å². The maximum atomic E-state index is 12.7. The number of piperazine rings is 1. The van der Waals surface area contributed by atoms with Crippen molar-refractivity contribution >= 4 is 21.6 Å². The van der Waals surface area contributed by atoms with Gasteiger partial charge in [-0.15, -0.1) is 0 Å². The van der Waals surface area contributed by atoms with Gasteiger partial charge in [0.1, 0.15) is 5.75 Å². The third-order valence-corrected chi connectivity index (χ3v) is 6.80. The van der Waals surface area contributed by atoms with Crippen LogP contribution in [-0.2, 0) is 14.8 Å². The van der Waals surface area contributed by atoms with Crippen molar-refractivity contribution in [1.82, 2.24) is 9.80 Å². The van der Waals surface area contributed by atoms with Gasteiger partial charge in [0.25, 0.3) is 15.9 Å². The molecule has 7 nitrogen and oxygen atoms in total. The van der Waals surface area contributed by atoms with Gasteiger partial charge < -0.3 is 14.5 Å². The molecule has 1 aliphatic heterocycles. The minimum atomic E-state index is -3.72. The highest BCUT2D eigenvalue weighted by Crippen LogP contribution is 2.24. The monoisotopic (exact) mass is 431 g/mol. The maximum absolute atomic E-state index is 12.7. The number of carbonyl (C=O) groups excluding carboxylic acids is 1. The highest BCUT2D eigenvalue weighted by atomic mass is 32.2. The number of ether oxygens (including phenoxy) is 1. The van der Waals surface area contributed by atoms with Gasteiger partial charge in [0, 0.05) is 31.9 Å². The number of carbonyl (C=O) groups is 1. The lowest BCUT2D eigenvalue weighted by Gasteiger charge is -2.32. The molecular weight excluding hydrogens is 402 g/mol. The van der Waals surface area contributed by atoms with E-state index in [0.717, 1.165) is 24.2 Å². The Morgan fingerprint density at radius 2 is 1.67 bits per heavy atom. The normalized spacial score (nSPS) is 15.1. The van der Waals surface area contributed by atoms with Crippen molar-refractivity contribution in [1.29, 1.82) is 0 Å². The third-order valence-electron chi connectivity index (χ3n) is 5.42. The molecule has 3 rings (SSSR count). The van der Waals surface area contributed by atoms with Crippen LogP contribution >= 0.6 is 0 Å². The van der Waals surface area contributed by atoms with Gasteiger partial charge in [-0.3, -0.25) is 9.52 Å². The molecule has 0 unspecified atom stereocenters. The van der Waals surface area contributed by atoms with E-state index in [1.165, 1.54) is 6.07 Å². The van der Waals surface area contributed by atoms with Crippen molar-refractivity contribution < 1.29 is 17.9 Å². The summed E-state index contributed by atoms with van der Waals surface area (Å²) in [6.07, 6.45) is 0. The van der Waals surface area contributed by atoms with Crippen LogP contribution in [-0.4, -0.2) is 64.0 Å². The number of benzene rings is 2. The van der Waals surface area contributed by atoms with Gasteiger partial charge in [0.05, 0.1) is 4.90 Å². The summed E-state index contributed by atoms with van der Waals surface area (Å²) in [5, 5.41) is 0. The molecule has 1 amide bonds. The lowest BCUT2D eigenvalue weighted by atomic mass is 10.1. The molecule has 30 heavy (non-hydrogen) atoms. The summed E-state index contributed by atoms with van der Waals surface area (Å²) in [6.45, 7) is 8.72. The Morgan fingerprint density at radius 3 is 2.30 bits per heavy atom. The molecule has 0 atom stereocenters. The Morgan fingerprint density at radius 1 is 0.967 bits per heavy atom. The molecule has 0 saturated carbocycles. The topological polar surface area (TPSA) is 78.9 Å². The van der Waals surface area contributed by atoms with Crippen LogP contribution in [0.3, 0.4) is 0 Å². The second-order valence-electron chi connectivity index (χ2n) is 7.80. The molecule has 1 aliphatic rings. The minimum absolute atomic E-state index is 0.0580. The predicted molar refractivity (Wildman–Crippen MR) is 117 cm³/mol. The molecule has 1 fully saturated rings. The van der Waals surface area contributed by atoms with Crippen LogP contribution in [0, 0.1) is 20.8 Å².